The van der Waals surface area contributed by atoms with E-state index in [9.17, 15) is 4.79 Å². The van der Waals surface area contributed by atoms with Crippen LogP contribution in [0.2, 0.25) is 0 Å². The van der Waals surface area contributed by atoms with Crippen LogP contribution in [0.5, 0.6) is 11.5 Å². The number of hydrogen-bond acceptors (Lipinski definition) is 3. The van der Waals surface area contributed by atoms with Crippen molar-refractivity contribution in [2.24, 2.45) is 0 Å². The van der Waals surface area contributed by atoms with Gasteiger partial charge in [0.1, 0.15) is 0 Å². The molecule has 0 aromatic heterocycles. The Morgan fingerprint density at radius 3 is 2.65 bits per heavy atom. The Hall–Kier alpha value is -2.23. The maximum absolute atomic E-state index is 11.7. The van der Waals surface area contributed by atoms with Crippen molar-refractivity contribution in [2.45, 2.75) is 32.6 Å². The van der Waals surface area contributed by atoms with Gasteiger partial charge in [-0.05, 0) is 48.1 Å². The van der Waals surface area contributed by atoms with Crippen molar-refractivity contribution in [3.05, 3.63) is 41.0 Å². The molecule has 0 saturated heterocycles. The Labute approximate surface area is 138 Å². The Bertz CT molecular complexity index is 617. The third-order valence-corrected chi connectivity index (χ3v) is 3.95. The van der Waals surface area contributed by atoms with Gasteiger partial charge in [-0.3, -0.25) is 4.79 Å². The van der Waals surface area contributed by atoms with Crippen LogP contribution in [0.3, 0.4) is 0 Å². The van der Waals surface area contributed by atoms with Crippen LogP contribution in [-0.4, -0.2) is 26.7 Å². The molecule has 0 bridgehead atoms. The highest BCUT2D eigenvalue weighted by molar-refractivity contribution is 5.88. The second-order valence-corrected chi connectivity index (χ2v) is 5.60. The summed E-state index contributed by atoms with van der Waals surface area (Å²) in [5.41, 5.74) is 3.52. The predicted molar refractivity (Wildman–Crippen MR) is 92.9 cm³/mol. The number of methoxy groups -OCH3 is 2. The average Bonchev–Trinajstić information content (AvgIpc) is 2.58. The van der Waals surface area contributed by atoms with Crippen LogP contribution in [0.1, 0.15) is 37.3 Å². The summed E-state index contributed by atoms with van der Waals surface area (Å²) in [6.45, 7) is 2.84. The fraction of sp³-hybridized carbons (Fsp3) is 0.421. The zero-order valence-corrected chi connectivity index (χ0v) is 14.1. The smallest absolute Gasteiger partial charge is 0.243 e. The number of ether oxygens (including phenoxy) is 2. The molecule has 1 aromatic carbocycles. The van der Waals surface area contributed by atoms with Crippen molar-refractivity contribution in [1.82, 2.24) is 5.32 Å². The second-order valence-electron chi connectivity index (χ2n) is 5.60. The fourth-order valence-electron chi connectivity index (χ4n) is 2.60. The van der Waals surface area contributed by atoms with Gasteiger partial charge in [0.15, 0.2) is 11.5 Å². The molecule has 23 heavy (non-hydrogen) atoms. The summed E-state index contributed by atoms with van der Waals surface area (Å²) in [5, 5.41) is 2.89. The molecule has 0 spiro atoms. The number of carbonyl (C=O) groups excluding carboxylic acids is 1. The normalized spacial score (nSPS) is 13.4. The first-order chi connectivity index (χ1) is 11.2. The summed E-state index contributed by atoms with van der Waals surface area (Å²) < 4.78 is 10.7. The summed E-state index contributed by atoms with van der Waals surface area (Å²) in [5.74, 6) is 1.46. The highest BCUT2D eigenvalue weighted by atomic mass is 16.5. The average molecular weight is 315 g/mol. The number of aryl methyl sites for hydroxylation is 1. The minimum atomic E-state index is -0.0301. The molecule has 0 radical (unpaired) electrons. The SMILES string of the molecule is CCCCNC(=O)C=CC1=Cc2cc(OC)c(OC)cc2CC1. The van der Waals surface area contributed by atoms with Crippen molar-refractivity contribution in [2.75, 3.05) is 20.8 Å². The molecule has 0 atom stereocenters. The molecule has 0 fully saturated rings. The van der Waals surface area contributed by atoms with Gasteiger partial charge >= 0.3 is 0 Å². The van der Waals surface area contributed by atoms with Gasteiger partial charge in [-0.1, -0.05) is 25.5 Å². The molecule has 124 valence electrons. The van der Waals surface area contributed by atoms with E-state index in [0.717, 1.165) is 54.9 Å². The van der Waals surface area contributed by atoms with Crippen LogP contribution in [-0.2, 0) is 11.2 Å². The van der Waals surface area contributed by atoms with Crippen LogP contribution in [0.15, 0.2) is 29.9 Å². The summed E-state index contributed by atoms with van der Waals surface area (Å²) in [7, 11) is 3.28. The zero-order valence-electron chi connectivity index (χ0n) is 14.1. The topological polar surface area (TPSA) is 47.6 Å². The van der Waals surface area contributed by atoms with Gasteiger partial charge in [0.2, 0.25) is 5.91 Å². The third-order valence-electron chi connectivity index (χ3n) is 3.95. The molecule has 1 N–H and O–H groups in total. The van der Waals surface area contributed by atoms with E-state index < -0.39 is 0 Å². The van der Waals surface area contributed by atoms with E-state index in [-0.39, 0.29) is 5.91 Å². The number of rotatable bonds is 7. The Kier molecular flexibility index (Phi) is 6.27. The maximum Gasteiger partial charge on any atom is 0.243 e. The van der Waals surface area contributed by atoms with Gasteiger partial charge in [0, 0.05) is 12.6 Å². The van der Waals surface area contributed by atoms with Crippen molar-refractivity contribution < 1.29 is 14.3 Å². The lowest BCUT2D eigenvalue weighted by atomic mass is 9.91. The molecule has 0 saturated carbocycles. The molecule has 1 aromatic rings. The lowest BCUT2D eigenvalue weighted by molar-refractivity contribution is -0.116. The van der Waals surface area contributed by atoms with Crippen LogP contribution in [0, 0.1) is 0 Å². The summed E-state index contributed by atoms with van der Waals surface area (Å²) in [4.78, 5) is 11.7. The Morgan fingerprint density at radius 1 is 1.22 bits per heavy atom. The summed E-state index contributed by atoms with van der Waals surface area (Å²) in [6.07, 6.45) is 9.57. The number of benzene rings is 1. The molecular weight excluding hydrogens is 290 g/mol. The van der Waals surface area contributed by atoms with E-state index in [2.05, 4.69) is 18.3 Å². The third kappa shape index (κ3) is 4.62. The summed E-state index contributed by atoms with van der Waals surface area (Å²) >= 11 is 0. The standard InChI is InChI=1S/C19H25NO3/c1-4-5-10-20-19(21)9-7-14-6-8-15-12-17(22-2)18(23-3)13-16(15)11-14/h7,9,11-13H,4-6,8,10H2,1-3H3,(H,20,21). The maximum atomic E-state index is 11.7. The van der Waals surface area contributed by atoms with E-state index >= 15 is 0 Å². The minimum Gasteiger partial charge on any atom is -0.493 e. The van der Waals surface area contributed by atoms with Crippen LogP contribution in [0.4, 0.5) is 0 Å². The lowest BCUT2D eigenvalue weighted by Crippen LogP contribution is -2.21. The second kappa shape index (κ2) is 8.42. The van der Waals surface area contributed by atoms with E-state index in [0.29, 0.717) is 0 Å². The first-order valence-electron chi connectivity index (χ1n) is 8.09. The molecule has 1 amide bonds. The summed E-state index contributed by atoms with van der Waals surface area (Å²) in [6, 6.07) is 4.02. The molecular formula is C19H25NO3. The predicted octanol–water partition coefficient (Wildman–Crippen LogP) is 3.51. The first kappa shape index (κ1) is 17.1. The highest BCUT2D eigenvalue weighted by Gasteiger charge is 2.14. The minimum absolute atomic E-state index is 0.0301. The lowest BCUT2D eigenvalue weighted by Gasteiger charge is -2.17. The Balaban J connectivity index is 2.09. The molecule has 0 unspecified atom stereocenters. The van der Waals surface area contributed by atoms with Crippen molar-refractivity contribution in [1.29, 1.82) is 0 Å². The quantitative estimate of drug-likeness (QED) is 0.619. The number of allylic oxidation sites excluding steroid dienone is 2. The van der Waals surface area contributed by atoms with E-state index in [1.54, 1.807) is 20.3 Å². The van der Waals surface area contributed by atoms with Gasteiger partial charge in [0.25, 0.3) is 0 Å². The van der Waals surface area contributed by atoms with Gasteiger partial charge in [-0.2, -0.15) is 0 Å². The van der Waals surface area contributed by atoms with Crippen molar-refractivity contribution in [3.63, 3.8) is 0 Å². The van der Waals surface area contributed by atoms with Crippen molar-refractivity contribution in [3.8, 4) is 11.5 Å². The number of fused-ring (bicyclic) bond motifs is 1. The van der Waals surface area contributed by atoms with Crippen LogP contribution in [0.25, 0.3) is 6.08 Å². The largest absolute Gasteiger partial charge is 0.493 e. The monoisotopic (exact) mass is 315 g/mol. The molecule has 2 rings (SSSR count). The highest BCUT2D eigenvalue weighted by Crippen LogP contribution is 2.35. The van der Waals surface area contributed by atoms with Gasteiger partial charge in [-0.15, -0.1) is 0 Å². The molecule has 1 aliphatic rings. The van der Waals surface area contributed by atoms with E-state index in [1.807, 2.05) is 18.2 Å². The first-order valence-corrected chi connectivity index (χ1v) is 8.09. The van der Waals surface area contributed by atoms with Gasteiger partial charge < -0.3 is 14.8 Å². The van der Waals surface area contributed by atoms with Gasteiger partial charge in [0.05, 0.1) is 14.2 Å². The molecule has 4 nitrogen and oxygen atoms in total. The number of amides is 1. The van der Waals surface area contributed by atoms with Crippen molar-refractivity contribution >= 4 is 12.0 Å². The number of unbranched alkanes of at least 4 members (excludes halogenated alkanes) is 1. The zero-order chi connectivity index (χ0) is 16.7. The molecule has 0 heterocycles. The van der Waals surface area contributed by atoms with Crippen LogP contribution < -0.4 is 14.8 Å². The van der Waals surface area contributed by atoms with E-state index in [1.165, 1.54) is 5.56 Å². The number of hydrogen-bond donors (Lipinski definition) is 1. The van der Waals surface area contributed by atoms with Gasteiger partial charge in [-0.25, -0.2) is 0 Å². The fourth-order valence-corrected chi connectivity index (χ4v) is 2.60. The Morgan fingerprint density at radius 2 is 1.96 bits per heavy atom. The molecule has 1 aliphatic carbocycles. The molecule has 0 aliphatic heterocycles. The number of carbonyl (C=O) groups is 1. The van der Waals surface area contributed by atoms with Crippen LogP contribution >= 0.6 is 0 Å². The number of nitrogens with one attached hydrogen (secondary N) is 1. The molecule has 4 heteroatoms. The van der Waals surface area contributed by atoms with E-state index in [4.69, 9.17) is 9.47 Å².